The van der Waals surface area contributed by atoms with Gasteiger partial charge in [0.1, 0.15) is 17.6 Å². The van der Waals surface area contributed by atoms with E-state index < -0.39 is 0 Å². The highest BCUT2D eigenvalue weighted by Crippen LogP contribution is 2.36. The van der Waals surface area contributed by atoms with E-state index in [9.17, 15) is 5.26 Å². The number of nitrogens with two attached hydrogens (primary N) is 1. The Morgan fingerprint density at radius 1 is 1.37 bits per heavy atom. The molecule has 1 aliphatic rings. The van der Waals surface area contributed by atoms with Gasteiger partial charge in [-0.2, -0.15) is 5.26 Å². The summed E-state index contributed by atoms with van der Waals surface area (Å²) < 4.78 is 11.0. The SMILES string of the molecule is CN/C=C(\C=N)c1nc(N)cc(-c2cc(OC)cc(N3CCC(OC)C3)c2)c1C#N. The molecule has 4 N–H and O–H groups in total. The minimum absolute atomic E-state index is 0.194. The van der Waals surface area contributed by atoms with Gasteiger partial charge in [0.15, 0.2) is 0 Å². The van der Waals surface area contributed by atoms with Crippen LogP contribution in [0, 0.1) is 16.7 Å². The van der Waals surface area contributed by atoms with E-state index in [1.165, 1.54) is 0 Å². The lowest BCUT2D eigenvalue weighted by atomic mass is 9.96. The van der Waals surface area contributed by atoms with E-state index in [4.69, 9.17) is 20.6 Å². The highest BCUT2D eigenvalue weighted by molar-refractivity contribution is 6.09. The second-order valence-electron chi connectivity index (χ2n) is 6.97. The quantitative estimate of drug-likeness (QED) is 0.605. The van der Waals surface area contributed by atoms with Crippen molar-refractivity contribution in [1.82, 2.24) is 10.3 Å². The van der Waals surface area contributed by atoms with Gasteiger partial charge in [-0.05, 0) is 30.2 Å². The molecular weight excluding hydrogens is 380 g/mol. The number of allylic oxidation sites excluding steroid dienone is 1. The topological polar surface area (TPSA) is 120 Å². The van der Waals surface area contributed by atoms with Crippen LogP contribution in [0.25, 0.3) is 16.7 Å². The second kappa shape index (κ2) is 9.29. The van der Waals surface area contributed by atoms with Crippen molar-refractivity contribution in [1.29, 1.82) is 10.7 Å². The Morgan fingerprint density at radius 2 is 2.17 bits per heavy atom. The molecular formula is C22H26N6O2. The van der Waals surface area contributed by atoms with Crippen molar-refractivity contribution >= 4 is 23.3 Å². The number of nitrogens with one attached hydrogen (secondary N) is 2. The Balaban J connectivity index is 2.17. The van der Waals surface area contributed by atoms with Gasteiger partial charge in [-0.15, -0.1) is 0 Å². The van der Waals surface area contributed by atoms with Gasteiger partial charge in [-0.25, -0.2) is 4.98 Å². The molecule has 30 heavy (non-hydrogen) atoms. The zero-order valence-corrected chi connectivity index (χ0v) is 17.4. The standard InChI is InChI=1S/C22H26N6O2/c1-26-12-15(10-23)22-20(11-24)19(9-21(25)27-22)14-6-16(8-18(7-14)30-3)28-5-4-17(13-28)29-2/h6-10,12,17,23,26H,4-5,13H2,1-3H3,(H2,25,27)/b15-12+,23-10?. The van der Waals surface area contributed by atoms with Crippen molar-refractivity contribution in [3.63, 3.8) is 0 Å². The molecule has 1 fully saturated rings. The summed E-state index contributed by atoms with van der Waals surface area (Å²) in [6, 6.07) is 9.79. The van der Waals surface area contributed by atoms with Gasteiger partial charge in [-0.1, -0.05) is 0 Å². The Morgan fingerprint density at radius 3 is 2.77 bits per heavy atom. The highest BCUT2D eigenvalue weighted by Gasteiger charge is 2.24. The maximum Gasteiger partial charge on any atom is 0.124 e. The molecule has 0 bridgehead atoms. The van der Waals surface area contributed by atoms with Crippen LogP contribution in [-0.2, 0) is 4.74 Å². The molecule has 2 aromatic rings. The lowest BCUT2D eigenvalue weighted by molar-refractivity contribution is 0.121. The molecule has 1 atom stereocenters. The number of rotatable bonds is 7. The van der Waals surface area contributed by atoms with Crippen molar-refractivity contribution in [3.05, 3.63) is 41.7 Å². The van der Waals surface area contributed by atoms with Crippen molar-refractivity contribution in [2.24, 2.45) is 0 Å². The van der Waals surface area contributed by atoms with Gasteiger partial charge in [0, 0.05) is 62.6 Å². The lowest BCUT2D eigenvalue weighted by Crippen LogP contribution is -2.22. The normalized spacial score (nSPS) is 16.3. The van der Waals surface area contributed by atoms with E-state index in [1.54, 1.807) is 33.5 Å². The molecule has 0 amide bonds. The summed E-state index contributed by atoms with van der Waals surface area (Å²) in [4.78, 5) is 6.56. The molecule has 2 heterocycles. The van der Waals surface area contributed by atoms with Crippen LogP contribution in [0.4, 0.5) is 11.5 Å². The van der Waals surface area contributed by atoms with E-state index in [1.807, 2.05) is 18.2 Å². The summed E-state index contributed by atoms with van der Waals surface area (Å²) in [6.07, 6.45) is 3.91. The number of methoxy groups -OCH3 is 2. The molecule has 1 aromatic heterocycles. The van der Waals surface area contributed by atoms with E-state index in [0.29, 0.717) is 28.1 Å². The average molecular weight is 406 g/mol. The number of benzene rings is 1. The van der Waals surface area contributed by atoms with Crippen molar-refractivity contribution in [2.45, 2.75) is 12.5 Å². The zero-order chi connectivity index (χ0) is 21.7. The Bertz CT molecular complexity index is 1010. The Labute approximate surface area is 176 Å². The molecule has 0 saturated carbocycles. The third kappa shape index (κ3) is 4.21. The fraction of sp³-hybridized carbons (Fsp3) is 0.318. The third-order valence-electron chi connectivity index (χ3n) is 5.16. The Hall–Kier alpha value is -3.57. The van der Waals surface area contributed by atoms with E-state index >= 15 is 0 Å². The third-order valence-corrected chi connectivity index (χ3v) is 5.16. The number of aromatic nitrogens is 1. The summed E-state index contributed by atoms with van der Waals surface area (Å²) >= 11 is 0. The Kier molecular flexibility index (Phi) is 6.54. The lowest BCUT2D eigenvalue weighted by Gasteiger charge is -2.21. The van der Waals surface area contributed by atoms with E-state index in [-0.39, 0.29) is 11.9 Å². The van der Waals surface area contributed by atoms with E-state index in [0.717, 1.165) is 37.0 Å². The predicted molar refractivity (Wildman–Crippen MR) is 119 cm³/mol. The van der Waals surface area contributed by atoms with Crippen molar-refractivity contribution in [2.75, 3.05) is 45.0 Å². The van der Waals surface area contributed by atoms with Gasteiger partial charge in [0.2, 0.25) is 0 Å². The van der Waals surface area contributed by atoms with Gasteiger partial charge >= 0.3 is 0 Å². The number of ether oxygens (including phenoxy) is 2. The summed E-state index contributed by atoms with van der Waals surface area (Å²) in [5.41, 5.74) is 9.69. The molecule has 156 valence electrons. The largest absolute Gasteiger partial charge is 0.497 e. The first kappa shape index (κ1) is 21.1. The van der Waals surface area contributed by atoms with Gasteiger partial charge < -0.3 is 30.8 Å². The number of nitriles is 1. The summed E-state index contributed by atoms with van der Waals surface area (Å²) in [7, 11) is 5.07. The van der Waals surface area contributed by atoms with Crippen LogP contribution in [0.15, 0.2) is 30.5 Å². The van der Waals surface area contributed by atoms with Crippen LogP contribution in [0.3, 0.4) is 0 Å². The van der Waals surface area contributed by atoms with Gasteiger partial charge in [-0.3, -0.25) is 0 Å². The number of anilines is 2. The maximum absolute atomic E-state index is 9.93. The molecule has 3 rings (SSSR count). The number of nitrogens with zero attached hydrogens (tertiary/aromatic N) is 3. The molecule has 1 saturated heterocycles. The van der Waals surface area contributed by atoms with E-state index in [2.05, 4.69) is 21.3 Å². The first-order valence-electron chi connectivity index (χ1n) is 9.60. The molecule has 8 nitrogen and oxygen atoms in total. The fourth-order valence-corrected chi connectivity index (χ4v) is 3.64. The number of hydrogen-bond donors (Lipinski definition) is 3. The van der Waals surface area contributed by atoms with Crippen LogP contribution >= 0.6 is 0 Å². The van der Waals surface area contributed by atoms with Crippen LogP contribution < -0.4 is 20.7 Å². The zero-order valence-electron chi connectivity index (χ0n) is 17.4. The van der Waals surface area contributed by atoms with Crippen LogP contribution in [0.5, 0.6) is 5.75 Å². The highest BCUT2D eigenvalue weighted by atomic mass is 16.5. The molecule has 0 spiro atoms. The summed E-state index contributed by atoms with van der Waals surface area (Å²) in [5, 5.41) is 20.5. The van der Waals surface area contributed by atoms with Gasteiger partial charge in [0.05, 0.1) is 24.5 Å². The second-order valence-corrected chi connectivity index (χ2v) is 6.97. The van der Waals surface area contributed by atoms with Crippen LogP contribution in [-0.4, -0.2) is 51.7 Å². The van der Waals surface area contributed by atoms with Crippen LogP contribution in [0.2, 0.25) is 0 Å². The average Bonchev–Trinajstić information content (AvgIpc) is 3.26. The van der Waals surface area contributed by atoms with Crippen LogP contribution in [0.1, 0.15) is 17.7 Å². The minimum Gasteiger partial charge on any atom is -0.497 e. The first-order chi connectivity index (χ1) is 14.5. The van der Waals surface area contributed by atoms with Crippen molar-refractivity contribution in [3.8, 4) is 22.9 Å². The smallest absolute Gasteiger partial charge is 0.124 e. The molecule has 8 heteroatoms. The predicted octanol–water partition coefficient (Wildman–Crippen LogP) is 2.65. The molecule has 0 radical (unpaired) electrons. The number of hydrogen-bond acceptors (Lipinski definition) is 8. The molecule has 1 aliphatic heterocycles. The van der Waals surface area contributed by atoms with Crippen molar-refractivity contribution < 1.29 is 9.47 Å². The minimum atomic E-state index is 0.194. The number of pyridine rings is 1. The molecule has 0 aliphatic carbocycles. The number of nitrogen functional groups attached to an aromatic ring is 1. The van der Waals surface area contributed by atoms with Gasteiger partial charge in [0.25, 0.3) is 0 Å². The summed E-state index contributed by atoms with van der Waals surface area (Å²) in [6.45, 7) is 1.67. The molecule has 1 aromatic carbocycles. The summed E-state index contributed by atoms with van der Waals surface area (Å²) in [5.74, 6) is 0.954. The molecule has 1 unspecified atom stereocenters. The fourth-order valence-electron chi connectivity index (χ4n) is 3.64. The maximum atomic E-state index is 9.93. The monoisotopic (exact) mass is 406 g/mol. The first-order valence-corrected chi connectivity index (χ1v) is 9.60.